The first kappa shape index (κ1) is 17.8. The molecule has 0 spiro atoms. The first-order valence-corrected chi connectivity index (χ1v) is 9.03. The lowest BCUT2D eigenvalue weighted by Gasteiger charge is -2.26. The molecule has 1 fully saturated rings. The number of likely N-dealkylation sites (tertiary alicyclic amines) is 1. The summed E-state index contributed by atoms with van der Waals surface area (Å²) in [4.78, 5) is 14.5. The maximum absolute atomic E-state index is 12.0. The van der Waals surface area contributed by atoms with Gasteiger partial charge < -0.3 is 15.0 Å². The van der Waals surface area contributed by atoms with Gasteiger partial charge in [0.05, 0.1) is 12.2 Å². The molecule has 0 radical (unpaired) electrons. The van der Waals surface area contributed by atoms with Crippen molar-refractivity contribution in [1.82, 2.24) is 4.90 Å². The Labute approximate surface area is 140 Å². The summed E-state index contributed by atoms with van der Waals surface area (Å²) in [7, 11) is 0. The van der Waals surface area contributed by atoms with Crippen LogP contribution in [-0.2, 0) is 4.74 Å². The Morgan fingerprint density at radius 2 is 1.87 bits per heavy atom. The molecule has 0 aliphatic carbocycles. The van der Waals surface area contributed by atoms with Crippen molar-refractivity contribution in [3.63, 3.8) is 0 Å². The van der Waals surface area contributed by atoms with Gasteiger partial charge in [-0.05, 0) is 63.0 Å². The summed E-state index contributed by atoms with van der Waals surface area (Å²) in [5, 5.41) is 3.34. The molecule has 0 saturated carbocycles. The second-order valence-corrected chi connectivity index (χ2v) is 6.25. The Bertz CT molecular complexity index is 453. The van der Waals surface area contributed by atoms with Crippen LogP contribution in [-0.4, -0.2) is 43.7 Å². The average Bonchev–Trinajstić information content (AvgIpc) is 2.60. The summed E-state index contributed by atoms with van der Waals surface area (Å²) < 4.78 is 5.37. The van der Waals surface area contributed by atoms with Crippen molar-refractivity contribution in [2.45, 2.75) is 45.4 Å². The van der Waals surface area contributed by atoms with Gasteiger partial charge in [-0.15, -0.1) is 0 Å². The Balaban J connectivity index is 1.64. The number of rotatable bonds is 9. The Hall–Kier alpha value is -1.55. The number of ether oxygens (including phenoxy) is 1. The van der Waals surface area contributed by atoms with E-state index in [1.807, 2.05) is 24.3 Å². The third kappa shape index (κ3) is 6.61. The van der Waals surface area contributed by atoms with Crippen molar-refractivity contribution in [3.8, 4) is 0 Å². The lowest BCUT2D eigenvalue weighted by atomic mass is 10.1. The van der Waals surface area contributed by atoms with Gasteiger partial charge in [-0.1, -0.05) is 19.8 Å². The molecule has 1 aromatic rings. The zero-order chi connectivity index (χ0) is 16.3. The number of esters is 1. The van der Waals surface area contributed by atoms with Crippen molar-refractivity contribution in [1.29, 1.82) is 0 Å². The smallest absolute Gasteiger partial charge is 0.338 e. The van der Waals surface area contributed by atoms with E-state index in [-0.39, 0.29) is 5.97 Å². The lowest BCUT2D eigenvalue weighted by Crippen LogP contribution is -2.31. The molecule has 4 heteroatoms. The molecular formula is C19H30N2O2. The largest absolute Gasteiger partial charge is 0.462 e. The number of anilines is 1. The van der Waals surface area contributed by atoms with E-state index < -0.39 is 0 Å². The van der Waals surface area contributed by atoms with Crippen LogP contribution in [0.25, 0.3) is 0 Å². The van der Waals surface area contributed by atoms with Crippen molar-refractivity contribution in [2.24, 2.45) is 0 Å². The number of carbonyl (C=O) groups excluding carboxylic acids is 1. The third-order valence-electron chi connectivity index (χ3n) is 4.28. The van der Waals surface area contributed by atoms with Crippen LogP contribution in [0.1, 0.15) is 55.8 Å². The highest BCUT2D eigenvalue weighted by Gasteiger charge is 2.10. The minimum absolute atomic E-state index is 0.219. The molecule has 1 N–H and O–H groups in total. The lowest BCUT2D eigenvalue weighted by molar-refractivity contribution is 0.0485. The predicted molar refractivity (Wildman–Crippen MR) is 95.0 cm³/mol. The molecule has 23 heavy (non-hydrogen) atoms. The van der Waals surface area contributed by atoms with E-state index in [0.717, 1.165) is 31.6 Å². The number of piperidine rings is 1. The Morgan fingerprint density at radius 1 is 1.13 bits per heavy atom. The molecular weight excluding hydrogens is 288 g/mol. The van der Waals surface area contributed by atoms with Gasteiger partial charge in [-0.3, -0.25) is 0 Å². The number of nitrogens with zero attached hydrogens (tertiary/aromatic N) is 1. The highest BCUT2D eigenvalue weighted by atomic mass is 16.5. The first-order valence-electron chi connectivity index (χ1n) is 9.03. The van der Waals surface area contributed by atoms with E-state index in [0.29, 0.717) is 12.2 Å². The quantitative estimate of drug-likeness (QED) is 0.553. The van der Waals surface area contributed by atoms with Gasteiger partial charge in [0, 0.05) is 18.8 Å². The van der Waals surface area contributed by atoms with E-state index in [1.54, 1.807) is 0 Å². The summed E-state index contributed by atoms with van der Waals surface area (Å²) in [5.41, 5.74) is 1.68. The maximum atomic E-state index is 12.0. The van der Waals surface area contributed by atoms with Crippen LogP contribution < -0.4 is 5.32 Å². The van der Waals surface area contributed by atoms with Crippen LogP contribution in [0.4, 0.5) is 5.69 Å². The maximum Gasteiger partial charge on any atom is 0.338 e. The third-order valence-corrected chi connectivity index (χ3v) is 4.28. The van der Waals surface area contributed by atoms with Gasteiger partial charge in [-0.2, -0.15) is 0 Å². The normalized spacial score (nSPS) is 15.3. The highest BCUT2D eigenvalue weighted by Crippen LogP contribution is 2.12. The minimum atomic E-state index is -0.219. The number of nitrogens with one attached hydrogen (secondary N) is 1. The van der Waals surface area contributed by atoms with Crippen LogP contribution in [0.15, 0.2) is 24.3 Å². The minimum Gasteiger partial charge on any atom is -0.462 e. The molecule has 0 unspecified atom stereocenters. The molecule has 0 atom stereocenters. The van der Waals surface area contributed by atoms with E-state index >= 15 is 0 Å². The van der Waals surface area contributed by atoms with E-state index in [1.165, 1.54) is 38.8 Å². The van der Waals surface area contributed by atoms with E-state index in [2.05, 4.69) is 17.1 Å². The van der Waals surface area contributed by atoms with Gasteiger partial charge in [0.25, 0.3) is 0 Å². The number of hydrogen-bond donors (Lipinski definition) is 1. The Kier molecular flexibility index (Phi) is 7.95. The predicted octanol–water partition coefficient (Wildman–Crippen LogP) is 3.93. The average molecular weight is 318 g/mol. The second kappa shape index (κ2) is 10.3. The van der Waals surface area contributed by atoms with Crippen LogP contribution in [0.5, 0.6) is 0 Å². The monoisotopic (exact) mass is 318 g/mol. The molecule has 0 bridgehead atoms. The summed E-state index contributed by atoms with van der Waals surface area (Å²) in [5.74, 6) is -0.219. The molecule has 128 valence electrons. The SMILES string of the molecule is CCCCNc1ccc(C(=O)OCCCN2CCCCC2)cc1. The second-order valence-electron chi connectivity index (χ2n) is 6.25. The zero-order valence-corrected chi connectivity index (χ0v) is 14.4. The standard InChI is InChI=1S/C19H30N2O2/c1-2-3-12-20-18-10-8-17(9-11-18)19(22)23-16-7-15-21-13-5-4-6-14-21/h8-11,20H,2-7,12-16H2,1H3. The number of carbonyl (C=O) groups is 1. The molecule has 2 rings (SSSR count). The molecule has 1 heterocycles. The fraction of sp³-hybridized carbons (Fsp3) is 0.632. The zero-order valence-electron chi connectivity index (χ0n) is 14.4. The molecule has 0 amide bonds. The van der Waals surface area contributed by atoms with E-state index in [9.17, 15) is 4.79 Å². The molecule has 1 aromatic carbocycles. The summed E-state index contributed by atoms with van der Waals surface area (Å²) in [6, 6.07) is 7.56. The topological polar surface area (TPSA) is 41.6 Å². The molecule has 1 aliphatic heterocycles. The van der Waals surface area contributed by atoms with Gasteiger partial charge in [-0.25, -0.2) is 4.79 Å². The number of hydrogen-bond acceptors (Lipinski definition) is 4. The van der Waals surface area contributed by atoms with Crippen molar-refractivity contribution in [3.05, 3.63) is 29.8 Å². The molecule has 0 aromatic heterocycles. The first-order chi connectivity index (χ1) is 11.3. The van der Waals surface area contributed by atoms with Crippen LogP contribution >= 0.6 is 0 Å². The number of benzene rings is 1. The van der Waals surface area contributed by atoms with Crippen molar-refractivity contribution in [2.75, 3.05) is 38.1 Å². The fourth-order valence-electron chi connectivity index (χ4n) is 2.85. The van der Waals surface area contributed by atoms with Crippen LogP contribution in [0.2, 0.25) is 0 Å². The van der Waals surface area contributed by atoms with Gasteiger partial charge >= 0.3 is 5.97 Å². The van der Waals surface area contributed by atoms with Gasteiger partial charge in [0.15, 0.2) is 0 Å². The van der Waals surface area contributed by atoms with Crippen LogP contribution in [0, 0.1) is 0 Å². The molecule has 1 aliphatic rings. The summed E-state index contributed by atoms with van der Waals surface area (Å²) in [6.45, 7) is 7.07. The summed E-state index contributed by atoms with van der Waals surface area (Å²) in [6.07, 6.45) is 7.21. The fourth-order valence-corrected chi connectivity index (χ4v) is 2.85. The number of unbranched alkanes of at least 4 members (excludes halogenated alkanes) is 1. The summed E-state index contributed by atoms with van der Waals surface area (Å²) >= 11 is 0. The molecule has 4 nitrogen and oxygen atoms in total. The molecule has 1 saturated heterocycles. The van der Waals surface area contributed by atoms with Crippen molar-refractivity contribution < 1.29 is 9.53 Å². The van der Waals surface area contributed by atoms with E-state index in [4.69, 9.17) is 4.74 Å². The van der Waals surface area contributed by atoms with Gasteiger partial charge in [0.1, 0.15) is 0 Å². The Morgan fingerprint density at radius 3 is 2.57 bits per heavy atom. The van der Waals surface area contributed by atoms with Crippen molar-refractivity contribution >= 4 is 11.7 Å². The van der Waals surface area contributed by atoms with Gasteiger partial charge in [0.2, 0.25) is 0 Å². The van der Waals surface area contributed by atoms with Crippen LogP contribution in [0.3, 0.4) is 0 Å². The highest BCUT2D eigenvalue weighted by molar-refractivity contribution is 5.89.